The lowest BCUT2D eigenvalue weighted by molar-refractivity contribution is 0.487. The predicted octanol–water partition coefficient (Wildman–Crippen LogP) is 9.19. The van der Waals surface area contributed by atoms with Crippen LogP contribution < -0.4 is 41.2 Å². The largest absolute Gasteiger partial charge is 0.458 e. The highest BCUT2D eigenvalue weighted by atomic mass is 28.3. The van der Waals surface area contributed by atoms with Crippen molar-refractivity contribution in [2.24, 2.45) is 0 Å². The molecule has 0 atom stereocenters. The Morgan fingerprint density at radius 2 is 0.915 bits per heavy atom. The van der Waals surface area contributed by atoms with Gasteiger partial charge in [0.05, 0.1) is 16.7 Å². The van der Waals surface area contributed by atoms with Crippen LogP contribution in [-0.4, -0.2) is 19.5 Å². The van der Waals surface area contributed by atoms with Gasteiger partial charge in [0.15, 0.2) is 8.07 Å². The highest BCUT2D eigenvalue weighted by Crippen LogP contribution is 2.45. The fourth-order valence-corrected chi connectivity index (χ4v) is 14.9. The molecule has 1 aromatic heterocycles. The van der Waals surface area contributed by atoms with Crippen LogP contribution in [0.5, 0.6) is 11.5 Å². The second-order valence-electron chi connectivity index (χ2n) is 15.6. The van der Waals surface area contributed by atoms with Gasteiger partial charge in [-0.1, -0.05) is 176 Å². The van der Waals surface area contributed by atoms with Gasteiger partial charge < -0.3 is 14.1 Å². The second-order valence-corrected chi connectivity index (χ2v) is 19.4. The van der Waals surface area contributed by atoms with E-state index in [1.165, 1.54) is 64.8 Å². The van der Waals surface area contributed by atoms with E-state index in [4.69, 9.17) is 4.74 Å². The maximum Gasteiger partial charge on any atom is 0.336 e. The summed E-state index contributed by atoms with van der Waals surface area (Å²) < 4.78 is 9.82. The highest BCUT2D eigenvalue weighted by Gasteiger charge is 2.46. The van der Waals surface area contributed by atoms with Gasteiger partial charge in [-0.05, 0) is 74.2 Å². The molecule has 0 saturated heterocycles. The maximum atomic E-state index is 7.41. The third kappa shape index (κ3) is 5.02. The highest BCUT2D eigenvalue weighted by molar-refractivity contribution is 7.20. The van der Waals surface area contributed by atoms with Crippen molar-refractivity contribution in [3.63, 3.8) is 0 Å². The average molecular weight is 769 g/mol. The molecule has 0 aliphatic carbocycles. The lowest BCUT2D eigenvalue weighted by atomic mass is 9.44. The first-order valence-electron chi connectivity index (χ1n) is 20.4. The Balaban J connectivity index is 1.15. The second kappa shape index (κ2) is 13.4. The van der Waals surface area contributed by atoms with E-state index < -0.39 is 8.07 Å². The molecule has 12 rings (SSSR count). The molecule has 0 spiro atoms. The summed E-state index contributed by atoms with van der Waals surface area (Å²) in [6, 6.07) is 82.4. The lowest BCUT2D eigenvalue weighted by Gasteiger charge is -2.42. The quantitative estimate of drug-likeness (QED) is 0.124. The van der Waals surface area contributed by atoms with E-state index >= 15 is 0 Å². The van der Waals surface area contributed by atoms with E-state index in [1.54, 1.807) is 0 Å². The predicted molar refractivity (Wildman–Crippen MR) is 250 cm³/mol. The smallest absolute Gasteiger partial charge is 0.336 e. The Bertz CT molecular complexity index is 3050. The molecule has 9 aromatic carbocycles. The van der Waals surface area contributed by atoms with Crippen LogP contribution in [0.15, 0.2) is 224 Å². The molecule has 0 amide bonds. The van der Waals surface area contributed by atoms with E-state index in [-0.39, 0.29) is 6.85 Å². The number of rotatable bonds is 6. The molecule has 3 heterocycles. The Morgan fingerprint density at radius 1 is 0.390 bits per heavy atom. The lowest BCUT2D eigenvalue weighted by Crippen LogP contribution is -2.75. The summed E-state index contributed by atoms with van der Waals surface area (Å²) in [7, 11) is -2.83. The first-order chi connectivity index (χ1) is 29.3. The zero-order valence-electron chi connectivity index (χ0n) is 32.2. The summed E-state index contributed by atoms with van der Waals surface area (Å²) in [6.07, 6.45) is 0. The molecule has 0 radical (unpaired) electrons. The SMILES string of the molecule is c1ccc(N2B3c4ccc([Si](c5ccccc5)(c5ccccc5)c5ccccc5)cc4Oc4cc(-n5c6ccccc6c6ccccc65)cc(c43)-c3ccccc32)cc1. The topological polar surface area (TPSA) is 17.4 Å². The fraction of sp³-hybridized carbons (Fsp3) is 0. The fourth-order valence-electron chi connectivity index (χ4n) is 10.1. The van der Waals surface area contributed by atoms with Crippen LogP contribution in [0.25, 0.3) is 38.6 Å². The molecule has 2 aliphatic heterocycles. The van der Waals surface area contributed by atoms with Crippen molar-refractivity contribution in [1.82, 2.24) is 4.57 Å². The first kappa shape index (κ1) is 33.8. The molecule has 3 nitrogen and oxygen atoms in total. The van der Waals surface area contributed by atoms with Crippen LogP contribution in [0, 0.1) is 0 Å². The molecule has 276 valence electrons. The van der Waals surface area contributed by atoms with E-state index in [0.29, 0.717) is 0 Å². The number of fused-ring (bicyclic) bond motifs is 7. The zero-order valence-corrected chi connectivity index (χ0v) is 33.2. The minimum atomic E-state index is -2.83. The average Bonchev–Trinajstić information content (AvgIpc) is 3.65. The molecule has 0 fully saturated rings. The molecule has 0 unspecified atom stereocenters. The van der Waals surface area contributed by atoms with Crippen molar-refractivity contribution >= 4 is 79.8 Å². The van der Waals surface area contributed by atoms with Gasteiger partial charge in [-0.3, -0.25) is 0 Å². The number of ether oxygens (including phenoxy) is 1. The van der Waals surface area contributed by atoms with Crippen molar-refractivity contribution < 1.29 is 4.74 Å². The summed E-state index contributed by atoms with van der Waals surface area (Å²) in [5.41, 5.74) is 10.5. The van der Waals surface area contributed by atoms with Gasteiger partial charge in [-0.25, -0.2) is 0 Å². The van der Waals surface area contributed by atoms with Gasteiger partial charge in [0.25, 0.3) is 0 Å². The number of nitrogens with zero attached hydrogens (tertiary/aromatic N) is 2. The van der Waals surface area contributed by atoms with E-state index in [1.807, 2.05) is 0 Å². The van der Waals surface area contributed by atoms with Crippen LogP contribution in [0.1, 0.15) is 0 Å². The molecular weight excluding hydrogens is 732 g/mol. The standard InChI is InChI=1S/C54H37BN2OSi/c1-5-19-38(20-6-1)57-51-32-18-15-29-46(51)47-35-39(56-49-30-16-13-27-44(49)45-28-14-17-31-50(45)56)36-53-54(47)55(57)48-34-33-43(37-52(48)58-53)59(40-21-7-2-8-22-40,41-23-9-3-10-24-41)42-25-11-4-12-26-42/h1-37H. The molecule has 2 aliphatic rings. The Labute approximate surface area is 345 Å². The molecular formula is C54H37BN2OSi. The van der Waals surface area contributed by atoms with Gasteiger partial charge in [0.2, 0.25) is 0 Å². The minimum absolute atomic E-state index is 0.122. The van der Waals surface area contributed by atoms with E-state index in [9.17, 15) is 0 Å². The van der Waals surface area contributed by atoms with Gasteiger partial charge in [-0.15, -0.1) is 0 Å². The number of para-hydroxylation sites is 4. The minimum Gasteiger partial charge on any atom is -0.458 e. The van der Waals surface area contributed by atoms with Crippen molar-refractivity contribution in [3.8, 4) is 28.3 Å². The van der Waals surface area contributed by atoms with Crippen LogP contribution in [0.3, 0.4) is 0 Å². The van der Waals surface area contributed by atoms with Crippen molar-refractivity contribution in [1.29, 1.82) is 0 Å². The van der Waals surface area contributed by atoms with Crippen LogP contribution >= 0.6 is 0 Å². The van der Waals surface area contributed by atoms with Crippen LogP contribution in [-0.2, 0) is 0 Å². The van der Waals surface area contributed by atoms with Crippen LogP contribution in [0.4, 0.5) is 11.4 Å². The molecule has 0 bridgehead atoms. The number of anilines is 2. The maximum absolute atomic E-state index is 7.41. The van der Waals surface area contributed by atoms with Crippen molar-refractivity contribution in [2.45, 2.75) is 0 Å². The Hall–Kier alpha value is -7.34. The van der Waals surface area contributed by atoms with E-state index in [2.05, 4.69) is 234 Å². The summed E-state index contributed by atoms with van der Waals surface area (Å²) in [6.45, 7) is -0.122. The first-order valence-corrected chi connectivity index (χ1v) is 22.4. The normalized spacial score (nSPS) is 12.8. The van der Waals surface area contributed by atoms with Gasteiger partial charge in [-0.2, -0.15) is 0 Å². The number of hydrogen-bond donors (Lipinski definition) is 0. The molecule has 5 heteroatoms. The zero-order chi connectivity index (χ0) is 38.9. The molecule has 59 heavy (non-hydrogen) atoms. The Kier molecular flexibility index (Phi) is 7.65. The summed E-state index contributed by atoms with van der Waals surface area (Å²) >= 11 is 0. The monoisotopic (exact) mass is 768 g/mol. The number of hydrogen-bond acceptors (Lipinski definition) is 2. The van der Waals surface area contributed by atoms with Gasteiger partial charge in [0.1, 0.15) is 11.5 Å². The summed E-state index contributed by atoms with van der Waals surface area (Å²) in [5.74, 6) is 1.78. The van der Waals surface area contributed by atoms with Gasteiger partial charge >= 0.3 is 6.85 Å². The summed E-state index contributed by atoms with van der Waals surface area (Å²) in [4.78, 5) is 2.53. The van der Waals surface area contributed by atoms with Crippen LogP contribution in [0.2, 0.25) is 0 Å². The van der Waals surface area contributed by atoms with Crippen molar-refractivity contribution in [3.05, 3.63) is 224 Å². The molecule has 0 N–H and O–H groups in total. The third-order valence-electron chi connectivity index (χ3n) is 12.6. The third-order valence-corrected chi connectivity index (χ3v) is 17.3. The van der Waals surface area contributed by atoms with Gasteiger partial charge in [0, 0.05) is 39.2 Å². The summed E-state index contributed by atoms with van der Waals surface area (Å²) in [5, 5.41) is 7.77. The number of benzene rings is 9. The number of aromatic nitrogens is 1. The molecule has 0 saturated carbocycles. The van der Waals surface area contributed by atoms with E-state index in [0.717, 1.165) is 28.3 Å². The van der Waals surface area contributed by atoms with Crippen molar-refractivity contribution in [2.75, 3.05) is 4.81 Å². The Morgan fingerprint density at radius 3 is 1.53 bits per heavy atom. The molecule has 10 aromatic rings.